The highest BCUT2D eigenvalue weighted by Crippen LogP contribution is 2.28. The van der Waals surface area contributed by atoms with Gasteiger partial charge in [-0.05, 0) is 59.6 Å². The van der Waals surface area contributed by atoms with Gasteiger partial charge < -0.3 is 9.80 Å². The zero-order valence-electron chi connectivity index (χ0n) is 11.0. The molecule has 0 bridgehead atoms. The smallest absolute Gasteiger partial charge is 0.0508 e. The maximum absolute atomic E-state index is 3.68. The van der Waals surface area contributed by atoms with Crippen molar-refractivity contribution in [3.8, 4) is 0 Å². The Bertz CT molecular complexity index is 409. The van der Waals surface area contributed by atoms with E-state index in [1.165, 1.54) is 35.2 Å². The predicted molar refractivity (Wildman–Crippen MR) is 85.6 cm³/mol. The van der Waals surface area contributed by atoms with Gasteiger partial charge in [0.25, 0.3) is 0 Å². The van der Waals surface area contributed by atoms with E-state index in [4.69, 9.17) is 0 Å². The summed E-state index contributed by atoms with van der Waals surface area (Å²) in [6, 6.07) is 6.59. The van der Waals surface area contributed by atoms with Crippen LogP contribution in [0.15, 0.2) is 22.7 Å². The van der Waals surface area contributed by atoms with Crippen LogP contribution in [0.4, 0.5) is 5.69 Å². The van der Waals surface area contributed by atoms with Crippen molar-refractivity contribution in [2.45, 2.75) is 11.8 Å². The average molecular weight is 376 g/mol. The highest BCUT2D eigenvalue weighted by atomic mass is 79.9. The van der Waals surface area contributed by atoms with Crippen LogP contribution >= 0.6 is 31.9 Å². The number of rotatable bonds is 4. The Labute approximate surface area is 127 Å². The maximum Gasteiger partial charge on any atom is 0.0508 e. The molecule has 18 heavy (non-hydrogen) atoms. The molecule has 4 heteroatoms. The van der Waals surface area contributed by atoms with E-state index in [0.29, 0.717) is 0 Å². The minimum atomic E-state index is 0.794. The number of halogens is 2. The van der Waals surface area contributed by atoms with Crippen molar-refractivity contribution in [2.24, 2.45) is 5.92 Å². The van der Waals surface area contributed by atoms with Crippen LogP contribution < -0.4 is 4.90 Å². The fraction of sp³-hybridized carbons (Fsp3) is 0.571. The molecule has 2 rings (SSSR count). The van der Waals surface area contributed by atoms with Gasteiger partial charge in [-0.15, -0.1) is 0 Å². The Hall–Kier alpha value is -0.0600. The molecule has 0 aromatic heterocycles. The number of anilines is 1. The minimum Gasteiger partial charge on any atom is -0.373 e. The summed E-state index contributed by atoms with van der Waals surface area (Å²) in [5.41, 5.74) is 2.59. The number of nitrogens with zero attached hydrogens (tertiary/aromatic N) is 2. The number of hydrogen-bond acceptors (Lipinski definition) is 2. The number of alkyl halides is 1. The van der Waals surface area contributed by atoms with Gasteiger partial charge in [0, 0.05) is 29.9 Å². The van der Waals surface area contributed by atoms with E-state index in [1.807, 2.05) is 0 Å². The van der Waals surface area contributed by atoms with Crippen LogP contribution in [0, 0.1) is 5.92 Å². The zero-order chi connectivity index (χ0) is 13.1. The van der Waals surface area contributed by atoms with Crippen molar-refractivity contribution in [1.29, 1.82) is 0 Å². The fourth-order valence-corrected chi connectivity index (χ4v) is 3.68. The SMILES string of the molecule is CN1CCC(CN(C)c2ccc(CBr)cc2Br)C1. The van der Waals surface area contributed by atoms with Gasteiger partial charge >= 0.3 is 0 Å². The van der Waals surface area contributed by atoms with Crippen LogP contribution in [0.2, 0.25) is 0 Å². The summed E-state index contributed by atoms with van der Waals surface area (Å²) in [5.74, 6) is 0.794. The second-order valence-electron chi connectivity index (χ2n) is 5.22. The largest absolute Gasteiger partial charge is 0.373 e. The highest BCUT2D eigenvalue weighted by Gasteiger charge is 2.21. The van der Waals surface area contributed by atoms with Crippen molar-refractivity contribution >= 4 is 37.5 Å². The lowest BCUT2D eigenvalue weighted by Crippen LogP contribution is -2.27. The first kappa shape index (κ1) is 14.4. The van der Waals surface area contributed by atoms with E-state index in [0.717, 1.165) is 17.8 Å². The van der Waals surface area contributed by atoms with E-state index in [2.05, 4.69) is 74.0 Å². The molecule has 0 aliphatic carbocycles. The molecule has 1 fully saturated rings. The Kier molecular flexibility index (Phi) is 5.10. The van der Waals surface area contributed by atoms with Crippen molar-refractivity contribution < 1.29 is 0 Å². The third kappa shape index (κ3) is 3.49. The quantitative estimate of drug-likeness (QED) is 0.739. The zero-order valence-corrected chi connectivity index (χ0v) is 14.2. The molecule has 1 saturated heterocycles. The van der Waals surface area contributed by atoms with Crippen LogP contribution in [0.25, 0.3) is 0 Å². The van der Waals surface area contributed by atoms with Gasteiger partial charge in [0.1, 0.15) is 0 Å². The summed E-state index contributed by atoms with van der Waals surface area (Å²) in [6.45, 7) is 3.60. The molecule has 1 aliphatic heterocycles. The number of likely N-dealkylation sites (tertiary alicyclic amines) is 1. The predicted octanol–water partition coefficient (Wildman–Crippen LogP) is 3.73. The maximum atomic E-state index is 3.68. The van der Waals surface area contributed by atoms with Gasteiger partial charge in [-0.3, -0.25) is 0 Å². The molecule has 1 unspecified atom stereocenters. The first-order chi connectivity index (χ1) is 8.60. The summed E-state index contributed by atoms with van der Waals surface area (Å²) in [6.07, 6.45) is 1.32. The molecular weight excluding hydrogens is 356 g/mol. The molecule has 1 aromatic carbocycles. The molecule has 1 atom stereocenters. The first-order valence-electron chi connectivity index (χ1n) is 6.34. The normalized spacial score (nSPS) is 20.3. The van der Waals surface area contributed by atoms with Gasteiger partial charge in [0.15, 0.2) is 0 Å². The lowest BCUT2D eigenvalue weighted by molar-refractivity contribution is 0.396. The molecule has 0 saturated carbocycles. The van der Waals surface area contributed by atoms with Crippen molar-refractivity contribution in [2.75, 3.05) is 38.6 Å². The third-order valence-corrected chi connectivity index (χ3v) is 4.88. The van der Waals surface area contributed by atoms with Crippen LogP contribution in [0.5, 0.6) is 0 Å². The highest BCUT2D eigenvalue weighted by molar-refractivity contribution is 9.10. The van der Waals surface area contributed by atoms with Gasteiger partial charge in [-0.2, -0.15) is 0 Å². The molecule has 0 amide bonds. The lowest BCUT2D eigenvalue weighted by atomic mass is 10.1. The van der Waals surface area contributed by atoms with Crippen LogP contribution in [0.1, 0.15) is 12.0 Å². The summed E-state index contributed by atoms with van der Waals surface area (Å²) >= 11 is 7.17. The second-order valence-corrected chi connectivity index (χ2v) is 6.63. The second kappa shape index (κ2) is 6.40. The first-order valence-corrected chi connectivity index (χ1v) is 8.25. The monoisotopic (exact) mass is 374 g/mol. The molecule has 1 aliphatic rings. The molecule has 2 nitrogen and oxygen atoms in total. The van der Waals surface area contributed by atoms with E-state index in [9.17, 15) is 0 Å². The minimum absolute atomic E-state index is 0.794. The third-order valence-electron chi connectivity index (χ3n) is 3.60. The van der Waals surface area contributed by atoms with E-state index in [1.54, 1.807) is 0 Å². The summed E-state index contributed by atoms with van der Waals surface area (Å²) in [4.78, 5) is 4.79. The average Bonchev–Trinajstić information content (AvgIpc) is 2.74. The van der Waals surface area contributed by atoms with Crippen molar-refractivity contribution in [3.63, 3.8) is 0 Å². The molecule has 1 aromatic rings. The van der Waals surface area contributed by atoms with Crippen molar-refractivity contribution in [3.05, 3.63) is 28.2 Å². The molecule has 1 heterocycles. The molecule has 0 spiro atoms. The summed E-state index contributed by atoms with van der Waals surface area (Å²) < 4.78 is 1.19. The number of benzene rings is 1. The van der Waals surface area contributed by atoms with Crippen molar-refractivity contribution in [1.82, 2.24) is 4.90 Å². The van der Waals surface area contributed by atoms with E-state index >= 15 is 0 Å². The van der Waals surface area contributed by atoms with Gasteiger partial charge in [-0.1, -0.05) is 22.0 Å². The van der Waals surface area contributed by atoms with Gasteiger partial charge in [-0.25, -0.2) is 0 Å². The topological polar surface area (TPSA) is 6.48 Å². The van der Waals surface area contributed by atoms with Crippen LogP contribution in [-0.4, -0.2) is 38.6 Å². The van der Waals surface area contributed by atoms with E-state index in [-0.39, 0.29) is 0 Å². The van der Waals surface area contributed by atoms with Crippen LogP contribution in [0.3, 0.4) is 0 Å². The molecular formula is C14H20Br2N2. The van der Waals surface area contributed by atoms with Gasteiger partial charge in [0.05, 0.1) is 5.69 Å². The van der Waals surface area contributed by atoms with Crippen LogP contribution in [-0.2, 0) is 5.33 Å². The Morgan fingerprint density at radius 2 is 2.22 bits per heavy atom. The summed E-state index contributed by atoms with van der Waals surface area (Å²) in [5, 5.41) is 0.906. The molecule has 0 radical (unpaired) electrons. The Morgan fingerprint density at radius 3 is 2.78 bits per heavy atom. The molecule has 0 N–H and O–H groups in total. The van der Waals surface area contributed by atoms with E-state index < -0.39 is 0 Å². The molecule has 100 valence electrons. The Morgan fingerprint density at radius 1 is 1.44 bits per heavy atom. The lowest BCUT2D eigenvalue weighted by Gasteiger charge is -2.24. The van der Waals surface area contributed by atoms with Gasteiger partial charge in [0.2, 0.25) is 0 Å². The fourth-order valence-electron chi connectivity index (χ4n) is 2.60. The number of hydrogen-bond donors (Lipinski definition) is 0. The Balaban J connectivity index is 2.02. The standard InChI is InChI=1S/C14H20Br2N2/c1-17-6-5-12(9-17)10-18(2)14-4-3-11(8-15)7-13(14)16/h3-4,7,12H,5-6,8-10H2,1-2H3. The summed E-state index contributed by atoms with van der Waals surface area (Å²) in [7, 11) is 4.40.